The zero-order chi connectivity index (χ0) is 14.8. The van der Waals surface area contributed by atoms with Gasteiger partial charge in [-0.25, -0.2) is 9.37 Å². The Morgan fingerprint density at radius 3 is 2.71 bits per heavy atom. The lowest BCUT2D eigenvalue weighted by atomic mass is 10.2. The van der Waals surface area contributed by atoms with E-state index in [2.05, 4.69) is 10.3 Å². The topological polar surface area (TPSA) is 43.4 Å². The highest BCUT2D eigenvalue weighted by Gasteiger charge is 2.09. The van der Waals surface area contributed by atoms with Crippen LogP contribution in [0.2, 0.25) is 0 Å². The van der Waals surface area contributed by atoms with Crippen molar-refractivity contribution in [2.45, 2.75) is 0 Å². The number of benzene rings is 2. The van der Waals surface area contributed by atoms with Gasteiger partial charge in [-0.3, -0.25) is 0 Å². The monoisotopic (exact) mass is 304 g/mol. The molecule has 0 spiro atoms. The lowest BCUT2D eigenvalue weighted by molar-refractivity contribution is 0.405. The van der Waals surface area contributed by atoms with Crippen LogP contribution in [0.5, 0.6) is 11.5 Å². The van der Waals surface area contributed by atoms with E-state index in [0.29, 0.717) is 16.6 Å². The molecule has 0 aliphatic rings. The molecule has 0 saturated heterocycles. The van der Waals surface area contributed by atoms with Crippen LogP contribution < -0.4 is 14.8 Å². The number of thiazole rings is 1. The largest absolute Gasteiger partial charge is 0.497 e. The van der Waals surface area contributed by atoms with E-state index in [0.717, 1.165) is 15.9 Å². The first-order chi connectivity index (χ1) is 10.2. The molecule has 21 heavy (non-hydrogen) atoms. The number of hydrogen-bond donors (Lipinski definition) is 1. The van der Waals surface area contributed by atoms with Gasteiger partial charge in [-0.15, -0.1) is 0 Å². The second kappa shape index (κ2) is 5.57. The predicted molar refractivity (Wildman–Crippen MR) is 82.4 cm³/mol. The van der Waals surface area contributed by atoms with Crippen LogP contribution >= 0.6 is 11.3 Å². The summed E-state index contributed by atoms with van der Waals surface area (Å²) in [6.45, 7) is 0. The van der Waals surface area contributed by atoms with E-state index in [1.165, 1.54) is 23.5 Å². The van der Waals surface area contributed by atoms with Gasteiger partial charge in [0.05, 0.1) is 30.1 Å². The summed E-state index contributed by atoms with van der Waals surface area (Å²) in [5.41, 5.74) is 1.50. The van der Waals surface area contributed by atoms with Gasteiger partial charge in [0.1, 0.15) is 17.3 Å². The molecule has 3 rings (SSSR count). The van der Waals surface area contributed by atoms with E-state index < -0.39 is 0 Å². The number of nitrogens with zero attached hydrogens (tertiary/aromatic N) is 1. The summed E-state index contributed by atoms with van der Waals surface area (Å²) >= 11 is 1.38. The van der Waals surface area contributed by atoms with Gasteiger partial charge in [-0.05, 0) is 30.3 Å². The highest BCUT2D eigenvalue weighted by atomic mass is 32.1. The summed E-state index contributed by atoms with van der Waals surface area (Å²) in [5, 5.41) is 3.86. The molecule has 0 aliphatic heterocycles. The minimum atomic E-state index is -0.267. The van der Waals surface area contributed by atoms with Crippen LogP contribution in [-0.2, 0) is 0 Å². The molecule has 0 fully saturated rings. The molecule has 0 radical (unpaired) electrons. The smallest absolute Gasteiger partial charge is 0.188 e. The lowest BCUT2D eigenvalue weighted by Crippen LogP contribution is -1.95. The third-order valence-corrected chi connectivity index (χ3v) is 3.93. The van der Waals surface area contributed by atoms with Crippen molar-refractivity contribution in [3.8, 4) is 11.5 Å². The van der Waals surface area contributed by atoms with Crippen molar-refractivity contribution in [1.29, 1.82) is 0 Å². The minimum absolute atomic E-state index is 0.267. The molecule has 0 aliphatic carbocycles. The van der Waals surface area contributed by atoms with Crippen LogP contribution in [0.1, 0.15) is 0 Å². The van der Waals surface area contributed by atoms with Gasteiger partial charge < -0.3 is 14.8 Å². The molecule has 0 saturated carbocycles. The molecule has 1 N–H and O–H groups in total. The highest BCUT2D eigenvalue weighted by molar-refractivity contribution is 7.22. The van der Waals surface area contributed by atoms with Gasteiger partial charge in [0.25, 0.3) is 0 Å². The van der Waals surface area contributed by atoms with E-state index in [4.69, 9.17) is 9.47 Å². The van der Waals surface area contributed by atoms with Gasteiger partial charge in [0, 0.05) is 6.07 Å². The number of rotatable bonds is 4. The van der Waals surface area contributed by atoms with Gasteiger partial charge in [0.2, 0.25) is 0 Å². The first-order valence-electron chi connectivity index (χ1n) is 6.25. The quantitative estimate of drug-likeness (QED) is 0.784. The molecular weight excluding hydrogens is 291 g/mol. The average molecular weight is 304 g/mol. The summed E-state index contributed by atoms with van der Waals surface area (Å²) in [4.78, 5) is 4.42. The Balaban J connectivity index is 1.97. The Labute approximate surface area is 125 Å². The SMILES string of the molecule is COc1ccc(OC)c(Nc2nc3ccc(F)cc3s2)c1. The van der Waals surface area contributed by atoms with Crippen molar-refractivity contribution < 1.29 is 13.9 Å². The summed E-state index contributed by atoms with van der Waals surface area (Å²) < 4.78 is 24.5. The second-order valence-corrected chi connectivity index (χ2v) is 5.35. The van der Waals surface area contributed by atoms with E-state index in [-0.39, 0.29) is 5.82 Å². The van der Waals surface area contributed by atoms with Crippen molar-refractivity contribution in [2.75, 3.05) is 19.5 Å². The molecule has 0 atom stereocenters. The van der Waals surface area contributed by atoms with Crippen LogP contribution in [0.3, 0.4) is 0 Å². The maximum Gasteiger partial charge on any atom is 0.188 e. The number of anilines is 2. The molecule has 1 aromatic heterocycles. The Hall–Kier alpha value is -2.34. The lowest BCUT2D eigenvalue weighted by Gasteiger charge is -2.10. The van der Waals surface area contributed by atoms with Crippen LogP contribution in [0.15, 0.2) is 36.4 Å². The second-order valence-electron chi connectivity index (χ2n) is 4.32. The van der Waals surface area contributed by atoms with Crippen LogP contribution in [-0.4, -0.2) is 19.2 Å². The third kappa shape index (κ3) is 2.75. The van der Waals surface area contributed by atoms with Crippen molar-refractivity contribution in [1.82, 2.24) is 4.98 Å². The van der Waals surface area contributed by atoms with E-state index in [9.17, 15) is 4.39 Å². The number of aromatic nitrogens is 1. The van der Waals surface area contributed by atoms with Crippen molar-refractivity contribution in [3.05, 3.63) is 42.2 Å². The van der Waals surface area contributed by atoms with Gasteiger partial charge in [0.15, 0.2) is 5.13 Å². The zero-order valence-corrected chi connectivity index (χ0v) is 12.3. The third-order valence-electron chi connectivity index (χ3n) is 3.00. The average Bonchev–Trinajstić information content (AvgIpc) is 2.88. The Morgan fingerprint density at radius 1 is 1.10 bits per heavy atom. The maximum absolute atomic E-state index is 13.2. The van der Waals surface area contributed by atoms with Crippen LogP contribution in [0.25, 0.3) is 10.2 Å². The molecule has 3 aromatic rings. The molecule has 6 heteroatoms. The number of hydrogen-bond acceptors (Lipinski definition) is 5. The van der Waals surface area contributed by atoms with Crippen molar-refractivity contribution in [2.24, 2.45) is 0 Å². The fraction of sp³-hybridized carbons (Fsp3) is 0.133. The Morgan fingerprint density at radius 2 is 1.95 bits per heavy atom. The first kappa shape index (κ1) is 13.6. The van der Waals surface area contributed by atoms with E-state index >= 15 is 0 Å². The predicted octanol–water partition coefficient (Wildman–Crippen LogP) is 4.20. The number of fused-ring (bicyclic) bond motifs is 1. The normalized spacial score (nSPS) is 10.6. The van der Waals surface area contributed by atoms with Crippen LogP contribution in [0, 0.1) is 5.82 Å². The molecule has 108 valence electrons. The fourth-order valence-corrected chi connectivity index (χ4v) is 2.88. The summed E-state index contributed by atoms with van der Waals surface area (Å²) in [6.07, 6.45) is 0. The highest BCUT2D eigenvalue weighted by Crippen LogP contribution is 2.34. The molecule has 2 aromatic carbocycles. The minimum Gasteiger partial charge on any atom is -0.497 e. The van der Waals surface area contributed by atoms with E-state index in [1.807, 2.05) is 18.2 Å². The summed E-state index contributed by atoms with van der Waals surface area (Å²) in [6, 6.07) is 9.99. The van der Waals surface area contributed by atoms with Gasteiger partial charge in [-0.1, -0.05) is 11.3 Å². The molecular formula is C15H13FN2O2S. The standard InChI is InChI=1S/C15H13FN2O2S/c1-19-10-4-6-13(20-2)12(8-10)18-15-17-11-5-3-9(16)7-14(11)21-15/h3-8H,1-2H3,(H,17,18). The van der Waals surface area contributed by atoms with Crippen molar-refractivity contribution >= 4 is 32.4 Å². The Kier molecular flexibility index (Phi) is 3.62. The van der Waals surface area contributed by atoms with Crippen molar-refractivity contribution in [3.63, 3.8) is 0 Å². The summed E-state index contributed by atoms with van der Waals surface area (Å²) in [7, 11) is 3.20. The molecule has 4 nitrogen and oxygen atoms in total. The van der Waals surface area contributed by atoms with E-state index in [1.54, 1.807) is 20.3 Å². The number of ether oxygens (including phenoxy) is 2. The molecule has 0 bridgehead atoms. The van der Waals surface area contributed by atoms with Gasteiger partial charge >= 0.3 is 0 Å². The number of nitrogens with one attached hydrogen (secondary N) is 1. The van der Waals surface area contributed by atoms with Crippen LogP contribution in [0.4, 0.5) is 15.2 Å². The number of methoxy groups -OCH3 is 2. The maximum atomic E-state index is 13.2. The fourth-order valence-electron chi connectivity index (χ4n) is 1.98. The number of halogens is 1. The molecule has 1 heterocycles. The zero-order valence-electron chi connectivity index (χ0n) is 11.5. The first-order valence-corrected chi connectivity index (χ1v) is 7.06. The Bertz CT molecular complexity index is 788. The molecule has 0 amide bonds. The van der Waals surface area contributed by atoms with Gasteiger partial charge in [-0.2, -0.15) is 0 Å². The summed E-state index contributed by atoms with van der Waals surface area (Å²) in [5.74, 6) is 1.13. The molecule has 0 unspecified atom stereocenters.